The first-order chi connectivity index (χ1) is 11.9. The summed E-state index contributed by atoms with van der Waals surface area (Å²) in [6, 6.07) is 0. The zero-order valence-electron chi connectivity index (χ0n) is 16.0. The molecule has 0 aromatic rings. The Morgan fingerprint density at radius 1 is 1.32 bits per heavy atom. The molecular weight excluding hydrogens is 318 g/mol. The predicted molar refractivity (Wildman–Crippen MR) is 99.8 cm³/mol. The lowest BCUT2D eigenvalue weighted by Gasteiger charge is -2.33. The van der Waals surface area contributed by atoms with Gasteiger partial charge in [0.25, 0.3) is 0 Å². The fourth-order valence-electron chi connectivity index (χ4n) is 3.21. The van der Waals surface area contributed by atoms with E-state index in [4.69, 9.17) is 14.9 Å². The third-order valence-electron chi connectivity index (χ3n) is 5.07. The van der Waals surface area contributed by atoms with Gasteiger partial charge in [0.2, 0.25) is 0 Å². The van der Waals surface area contributed by atoms with Crippen molar-refractivity contribution in [1.82, 2.24) is 10.2 Å². The van der Waals surface area contributed by atoms with Crippen LogP contribution in [0.3, 0.4) is 0 Å². The number of piperidine rings is 1. The van der Waals surface area contributed by atoms with E-state index in [1.54, 1.807) is 0 Å². The van der Waals surface area contributed by atoms with Crippen molar-refractivity contribution >= 4 is 5.71 Å². The molecule has 0 aliphatic carbocycles. The van der Waals surface area contributed by atoms with Crippen LogP contribution in [-0.4, -0.2) is 54.5 Å². The number of nitrogens with one attached hydrogen (secondary N) is 2. The van der Waals surface area contributed by atoms with Gasteiger partial charge in [-0.25, -0.2) is 0 Å². The number of nitrogens with zero attached hydrogens (tertiary/aromatic N) is 1. The third kappa shape index (κ3) is 6.60. The van der Waals surface area contributed by atoms with Gasteiger partial charge in [0, 0.05) is 36.9 Å². The normalized spacial score (nSPS) is 24.8. The molecule has 0 radical (unpaired) electrons. The molecule has 6 nitrogen and oxygen atoms in total. The Morgan fingerprint density at radius 2 is 2.04 bits per heavy atom. The van der Waals surface area contributed by atoms with Crippen molar-refractivity contribution in [2.24, 2.45) is 5.41 Å². The fourth-order valence-corrected chi connectivity index (χ4v) is 3.21. The topological polar surface area (TPSA) is 77.8 Å². The van der Waals surface area contributed by atoms with Gasteiger partial charge in [-0.3, -0.25) is 4.90 Å². The van der Waals surface area contributed by atoms with Gasteiger partial charge in [-0.15, -0.1) is 0 Å². The summed E-state index contributed by atoms with van der Waals surface area (Å²) in [4.78, 5) is 2.33. The van der Waals surface area contributed by atoms with E-state index in [-0.39, 0.29) is 18.3 Å². The van der Waals surface area contributed by atoms with Gasteiger partial charge in [0.05, 0.1) is 12.8 Å². The molecule has 6 heteroatoms. The van der Waals surface area contributed by atoms with E-state index in [1.807, 2.05) is 20.8 Å². The van der Waals surface area contributed by atoms with Crippen LogP contribution in [0, 0.1) is 10.8 Å². The van der Waals surface area contributed by atoms with Crippen LogP contribution in [-0.2, 0) is 9.47 Å². The van der Waals surface area contributed by atoms with Gasteiger partial charge < -0.3 is 25.3 Å². The van der Waals surface area contributed by atoms with Crippen LogP contribution < -0.4 is 5.32 Å². The molecule has 0 spiro atoms. The van der Waals surface area contributed by atoms with Crippen LogP contribution in [0.4, 0.5) is 0 Å². The highest BCUT2D eigenvalue weighted by molar-refractivity contribution is 5.97. The lowest BCUT2D eigenvalue weighted by Crippen LogP contribution is -2.45. The molecule has 2 saturated heterocycles. The highest BCUT2D eigenvalue weighted by Crippen LogP contribution is 2.22. The molecule has 2 unspecified atom stereocenters. The van der Waals surface area contributed by atoms with Crippen LogP contribution in [0.5, 0.6) is 0 Å². The molecule has 144 valence electrons. The SMILES string of the molecule is CC(N/C(O)=C/C(=N)C(C)(C)COC1CCCCO1)N1CCCCC1. The number of aliphatic hydroxyl groups is 1. The molecule has 2 atom stereocenters. The summed E-state index contributed by atoms with van der Waals surface area (Å²) in [5.41, 5.74) is -0.135. The van der Waals surface area contributed by atoms with Crippen molar-refractivity contribution in [2.75, 3.05) is 26.3 Å². The first-order valence-electron chi connectivity index (χ1n) is 9.62. The van der Waals surface area contributed by atoms with Crippen molar-refractivity contribution in [3.63, 3.8) is 0 Å². The molecule has 2 rings (SSSR count). The van der Waals surface area contributed by atoms with Gasteiger partial charge in [-0.1, -0.05) is 20.3 Å². The second-order valence-electron chi connectivity index (χ2n) is 7.85. The Hall–Kier alpha value is -1.11. The summed E-state index contributed by atoms with van der Waals surface area (Å²) in [7, 11) is 0. The highest BCUT2D eigenvalue weighted by atomic mass is 16.7. The highest BCUT2D eigenvalue weighted by Gasteiger charge is 2.26. The number of aliphatic hydroxyl groups excluding tert-OH is 1. The molecule has 2 fully saturated rings. The first kappa shape index (κ1) is 20.2. The lowest BCUT2D eigenvalue weighted by molar-refractivity contribution is -0.171. The van der Waals surface area contributed by atoms with E-state index >= 15 is 0 Å². The average Bonchev–Trinajstić information content (AvgIpc) is 2.61. The maximum absolute atomic E-state index is 10.2. The summed E-state index contributed by atoms with van der Waals surface area (Å²) in [5.74, 6) is 0.0464. The molecule has 0 saturated carbocycles. The Labute approximate surface area is 152 Å². The molecule has 2 aliphatic rings. The summed E-state index contributed by atoms with van der Waals surface area (Å²) in [6.45, 7) is 9.22. The quantitative estimate of drug-likeness (QED) is 0.460. The second kappa shape index (κ2) is 9.55. The van der Waals surface area contributed by atoms with E-state index in [2.05, 4.69) is 10.2 Å². The Bertz CT molecular complexity index is 453. The molecule has 0 aromatic carbocycles. The van der Waals surface area contributed by atoms with Crippen LogP contribution in [0.1, 0.15) is 59.3 Å². The Balaban J connectivity index is 1.80. The molecule has 2 heterocycles. The van der Waals surface area contributed by atoms with Crippen LogP contribution in [0.2, 0.25) is 0 Å². The van der Waals surface area contributed by atoms with Crippen molar-refractivity contribution in [3.05, 3.63) is 12.0 Å². The monoisotopic (exact) mass is 353 g/mol. The van der Waals surface area contributed by atoms with Crippen LogP contribution in [0.25, 0.3) is 0 Å². The average molecular weight is 354 g/mol. The van der Waals surface area contributed by atoms with Crippen molar-refractivity contribution < 1.29 is 14.6 Å². The summed E-state index contributed by atoms with van der Waals surface area (Å²) in [6.07, 6.45) is 8.26. The number of ether oxygens (including phenoxy) is 2. The van der Waals surface area contributed by atoms with Crippen LogP contribution >= 0.6 is 0 Å². The Kier molecular flexibility index (Phi) is 7.72. The zero-order chi connectivity index (χ0) is 18.3. The molecule has 0 bridgehead atoms. The molecule has 0 aromatic heterocycles. The number of likely N-dealkylation sites (tertiary alicyclic amines) is 1. The minimum Gasteiger partial charge on any atom is -0.495 e. The summed E-state index contributed by atoms with van der Waals surface area (Å²) < 4.78 is 11.4. The van der Waals surface area contributed by atoms with E-state index in [0.29, 0.717) is 12.3 Å². The largest absolute Gasteiger partial charge is 0.495 e. The number of hydrogen-bond acceptors (Lipinski definition) is 6. The minimum absolute atomic E-state index is 0.0464. The van der Waals surface area contributed by atoms with E-state index in [1.165, 1.54) is 25.3 Å². The third-order valence-corrected chi connectivity index (χ3v) is 5.07. The van der Waals surface area contributed by atoms with E-state index in [9.17, 15) is 5.11 Å². The Morgan fingerprint density at radius 3 is 2.68 bits per heavy atom. The molecule has 2 aliphatic heterocycles. The number of allylic oxidation sites excluding steroid dienone is 1. The molecule has 0 amide bonds. The van der Waals surface area contributed by atoms with Gasteiger partial charge in [0.1, 0.15) is 0 Å². The second-order valence-corrected chi connectivity index (χ2v) is 7.85. The van der Waals surface area contributed by atoms with Crippen molar-refractivity contribution in [3.8, 4) is 0 Å². The van der Waals surface area contributed by atoms with Gasteiger partial charge in [-0.05, 0) is 39.0 Å². The number of rotatable bonds is 8. The smallest absolute Gasteiger partial charge is 0.187 e. The summed E-state index contributed by atoms with van der Waals surface area (Å²) in [5, 5.41) is 21.6. The first-order valence-corrected chi connectivity index (χ1v) is 9.62. The molecule has 3 N–H and O–H groups in total. The predicted octanol–water partition coefficient (Wildman–Crippen LogP) is 3.40. The number of hydrogen-bond donors (Lipinski definition) is 3. The summed E-state index contributed by atoms with van der Waals surface area (Å²) >= 11 is 0. The van der Waals surface area contributed by atoms with Gasteiger partial charge in [0.15, 0.2) is 12.2 Å². The molecule has 25 heavy (non-hydrogen) atoms. The minimum atomic E-state index is -0.481. The van der Waals surface area contributed by atoms with Crippen molar-refractivity contribution in [1.29, 1.82) is 5.41 Å². The van der Waals surface area contributed by atoms with Crippen LogP contribution in [0.15, 0.2) is 12.0 Å². The van der Waals surface area contributed by atoms with Gasteiger partial charge in [-0.2, -0.15) is 0 Å². The zero-order valence-corrected chi connectivity index (χ0v) is 16.0. The maximum Gasteiger partial charge on any atom is 0.187 e. The van der Waals surface area contributed by atoms with Crippen molar-refractivity contribution in [2.45, 2.75) is 71.8 Å². The standard InChI is InChI=1S/C19H35N3O3/c1-15(22-10-6-4-7-11-22)21-17(23)13-16(20)19(2,3)14-25-18-9-5-8-12-24-18/h13,15,18,20-21,23H,4-12,14H2,1-3H3/b17-13-,20-16?. The van der Waals surface area contributed by atoms with Gasteiger partial charge >= 0.3 is 0 Å². The van der Waals surface area contributed by atoms with E-state index in [0.717, 1.165) is 39.0 Å². The maximum atomic E-state index is 10.2. The van der Waals surface area contributed by atoms with E-state index < -0.39 is 5.41 Å². The molecular formula is C19H35N3O3. The fraction of sp³-hybridized carbons (Fsp3) is 0.842. The lowest BCUT2D eigenvalue weighted by atomic mass is 9.88.